The Labute approximate surface area is 233 Å². The number of hydrogen-bond acceptors (Lipinski definition) is 8. The maximum absolute atomic E-state index is 12.9. The zero-order valence-electron chi connectivity index (χ0n) is 20.8. The molecule has 0 aliphatic carbocycles. The van der Waals surface area contributed by atoms with Crippen LogP contribution in [0.1, 0.15) is 32.7 Å². The van der Waals surface area contributed by atoms with Gasteiger partial charge in [0.25, 0.3) is 11.8 Å². The molecule has 2 aromatic carbocycles. The van der Waals surface area contributed by atoms with Crippen LogP contribution in [-0.2, 0) is 25.6 Å². The Morgan fingerprint density at radius 2 is 1.85 bits per heavy atom. The Morgan fingerprint density at radius 3 is 2.54 bits per heavy atom. The van der Waals surface area contributed by atoms with Crippen LogP contribution in [-0.4, -0.2) is 77.0 Å². The third-order valence-electron chi connectivity index (χ3n) is 6.43. The van der Waals surface area contributed by atoms with Gasteiger partial charge < -0.3 is 35.6 Å². The minimum atomic E-state index is -1.43. The van der Waals surface area contributed by atoms with E-state index in [1.807, 2.05) is 0 Å². The van der Waals surface area contributed by atoms with Crippen LogP contribution in [0.5, 0.6) is 5.75 Å². The number of carboxylic acid groups (broad SMARTS) is 1. The third kappa shape index (κ3) is 7.01. The van der Waals surface area contributed by atoms with E-state index in [4.69, 9.17) is 21.1 Å². The molecule has 2 heterocycles. The Bertz CT molecular complexity index is 1250. The van der Waals surface area contributed by atoms with Gasteiger partial charge in [-0.25, -0.2) is 4.79 Å². The highest BCUT2D eigenvalue weighted by atomic mass is 35.5. The number of thioether (sulfide) groups is 1. The zero-order chi connectivity index (χ0) is 28.0. The van der Waals surface area contributed by atoms with Crippen LogP contribution in [0.25, 0.3) is 0 Å². The second-order valence-electron chi connectivity index (χ2n) is 9.04. The van der Waals surface area contributed by atoms with Crippen molar-refractivity contribution in [2.75, 3.05) is 31.3 Å². The summed E-state index contributed by atoms with van der Waals surface area (Å²) < 4.78 is 11.5. The first kappa shape index (κ1) is 28.7. The molecule has 39 heavy (non-hydrogen) atoms. The summed E-state index contributed by atoms with van der Waals surface area (Å²) in [6, 6.07) is 9.00. The zero-order valence-corrected chi connectivity index (χ0v) is 22.3. The van der Waals surface area contributed by atoms with Gasteiger partial charge in [-0.2, -0.15) is 11.8 Å². The second kappa shape index (κ2) is 12.7. The molecule has 0 bridgehead atoms. The number of nitrogens with one attached hydrogen (secondary N) is 3. The van der Waals surface area contributed by atoms with Crippen LogP contribution in [0, 0.1) is 5.92 Å². The third-order valence-corrected chi connectivity index (χ3v) is 7.80. The highest BCUT2D eigenvalue weighted by Gasteiger charge is 2.49. The minimum Gasteiger partial charge on any atom is -0.508 e. The number of rotatable bonds is 9. The average Bonchev–Trinajstić information content (AvgIpc) is 3.37. The summed E-state index contributed by atoms with van der Waals surface area (Å²) in [5.74, 6) is -3.25. The molecule has 1 unspecified atom stereocenters. The Balaban J connectivity index is 1.34. The van der Waals surface area contributed by atoms with E-state index in [1.165, 1.54) is 30.3 Å². The lowest BCUT2D eigenvalue weighted by Gasteiger charge is -2.38. The number of aliphatic carboxylic acids is 1. The normalized spacial score (nSPS) is 18.7. The number of phenolic OH excluding ortho intramolecular Hbond substituents is 1. The molecule has 0 saturated carbocycles. The summed E-state index contributed by atoms with van der Waals surface area (Å²) in [5.41, 5.74) is 0.849. The standard InChI is InChI=1S/C26H28ClN3O8S/c27-20-11-16(22(32)28-12-15-2-1-3-17(31)10-15)4-5-18(20)23(33)30-21(25(35)36)13-29-24(34)19-14-39-9-6-26(19)37-7-8-38-26/h1-5,10-11,19,21,31H,6-9,12-14H2,(H,28,32)(H,29,34)(H,30,33)(H,35,36)/t19?,21-/m0/s1. The first-order valence-electron chi connectivity index (χ1n) is 12.2. The molecule has 208 valence electrons. The van der Waals surface area contributed by atoms with Crippen LogP contribution in [0.15, 0.2) is 42.5 Å². The molecule has 3 amide bonds. The molecular weight excluding hydrogens is 550 g/mol. The highest BCUT2D eigenvalue weighted by Crippen LogP contribution is 2.39. The summed E-state index contributed by atoms with van der Waals surface area (Å²) in [6.07, 6.45) is 0.553. The van der Waals surface area contributed by atoms with Gasteiger partial charge >= 0.3 is 5.97 Å². The van der Waals surface area contributed by atoms with E-state index in [0.717, 1.165) is 5.75 Å². The Hall–Kier alpha value is -3.32. The van der Waals surface area contributed by atoms with Gasteiger partial charge in [0.2, 0.25) is 5.91 Å². The number of aromatic hydroxyl groups is 1. The molecule has 0 radical (unpaired) electrons. The lowest BCUT2D eigenvalue weighted by atomic mass is 9.96. The molecule has 2 saturated heterocycles. The van der Waals surface area contributed by atoms with Crippen molar-refractivity contribution in [2.45, 2.75) is 24.8 Å². The number of hydrogen-bond donors (Lipinski definition) is 5. The summed E-state index contributed by atoms with van der Waals surface area (Å²) in [4.78, 5) is 50.0. The molecule has 2 aliphatic heterocycles. The summed E-state index contributed by atoms with van der Waals surface area (Å²) in [6.45, 7) is 0.588. The number of carbonyl (C=O) groups is 4. The van der Waals surface area contributed by atoms with Crippen molar-refractivity contribution in [3.63, 3.8) is 0 Å². The molecule has 1 spiro atoms. The van der Waals surface area contributed by atoms with Crippen LogP contribution < -0.4 is 16.0 Å². The van der Waals surface area contributed by atoms with Gasteiger partial charge in [0.05, 0.1) is 23.8 Å². The molecule has 2 atom stereocenters. The fourth-order valence-electron chi connectivity index (χ4n) is 4.36. The lowest BCUT2D eigenvalue weighted by Crippen LogP contribution is -2.54. The molecule has 2 aromatic rings. The Kier molecular flexibility index (Phi) is 9.33. The van der Waals surface area contributed by atoms with E-state index < -0.39 is 41.4 Å². The largest absolute Gasteiger partial charge is 0.508 e. The van der Waals surface area contributed by atoms with Crippen molar-refractivity contribution >= 4 is 47.1 Å². The molecule has 0 aromatic heterocycles. The minimum absolute atomic E-state index is 0.0332. The van der Waals surface area contributed by atoms with Crippen molar-refractivity contribution in [1.82, 2.24) is 16.0 Å². The summed E-state index contributed by atoms with van der Waals surface area (Å²) in [7, 11) is 0. The predicted molar refractivity (Wildman–Crippen MR) is 143 cm³/mol. The van der Waals surface area contributed by atoms with E-state index >= 15 is 0 Å². The highest BCUT2D eigenvalue weighted by molar-refractivity contribution is 7.99. The lowest BCUT2D eigenvalue weighted by molar-refractivity contribution is -0.196. The van der Waals surface area contributed by atoms with Crippen molar-refractivity contribution in [2.24, 2.45) is 5.92 Å². The number of carbonyl (C=O) groups excluding carboxylic acids is 3. The van der Waals surface area contributed by atoms with Crippen molar-refractivity contribution in [1.29, 1.82) is 0 Å². The fraction of sp³-hybridized carbons (Fsp3) is 0.385. The van der Waals surface area contributed by atoms with E-state index in [-0.39, 0.29) is 35.0 Å². The first-order valence-corrected chi connectivity index (χ1v) is 13.7. The molecule has 2 aliphatic rings. The molecule has 4 rings (SSSR count). The maximum Gasteiger partial charge on any atom is 0.328 e. The monoisotopic (exact) mass is 577 g/mol. The molecular formula is C26H28ClN3O8S. The Morgan fingerprint density at radius 1 is 1.08 bits per heavy atom. The van der Waals surface area contributed by atoms with E-state index in [2.05, 4.69) is 16.0 Å². The maximum atomic E-state index is 12.9. The summed E-state index contributed by atoms with van der Waals surface area (Å²) >= 11 is 7.83. The van der Waals surface area contributed by atoms with Crippen LogP contribution in [0.2, 0.25) is 5.02 Å². The van der Waals surface area contributed by atoms with E-state index in [0.29, 0.717) is 31.0 Å². The number of phenols is 1. The fourth-order valence-corrected chi connectivity index (χ4v) is 5.86. The molecule has 2 fully saturated rings. The number of carboxylic acids is 1. The van der Waals surface area contributed by atoms with Gasteiger partial charge in [-0.3, -0.25) is 14.4 Å². The van der Waals surface area contributed by atoms with Gasteiger partial charge in [0.15, 0.2) is 5.79 Å². The van der Waals surface area contributed by atoms with Gasteiger partial charge in [-0.15, -0.1) is 0 Å². The number of amides is 3. The van der Waals surface area contributed by atoms with E-state index in [9.17, 15) is 29.4 Å². The van der Waals surface area contributed by atoms with Gasteiger partial charge in [0.1, 0.15) is 17.7 Å². The predicted octanol–water partition coefficient (Wildman–Crippen LogP) is 1.77. The molecule has 5 N–H and O–H groups in total. The molecule has 11 nitrogen and oxygen atoms in total. The van der Waals surface area contributed by atoms with Gasteiger partial charge in [-0.05, 0) is 41.6 Å². The smallest absolute Gasteiger partial charge is 0.328 e. The average molecular weight is 578 g/mol. The van der Waals surface area contributed by atoms with Crippen molar-refractivity contribution in [3.05, 3.63) is 64.2 Å². The topological polar surface area (TPSA) is 163 Å². The molecule has 13 heteroatoms. The van der Waals surface area contributed by atoms with Gasteiger partial charge in [0, 0.05) is 30.8 Å². The van der Waals surface area contributed by atoms with Crippen LogP contribution in [0.3, 0.4) is 0 Å². The van der Waals surface area contributed by atoms with Crippen molar-refractivity contribution in [3.8, 4) is 5.75 Å². The van der Waals surface area contributed by atoms with Crippen molar-refractivity contribution < 1.29 is 38.9 Å². The quantitative estimate of drug-likeness (QED) is 0.299. The number of benzene rings is 2. The van der Waals surface area contributed by atoms with Gasteiger partial charge in [-0.1, -0.05) is 23.7 Å². The summed E-state index contributed by atoms with van der Waals surface area (Å²) in [5, 5.41) is 26.8. The number of halogens is 1. The number of ether oxygens (including phenoxy) is 2. The van der Waals surface area contributed by atoms with Crippen LogP contribution >= 0.6 is 23.4 Å². The second-order valence-corrected chi connectivity index (χ2v) is 10.6. The van der Waals surface area contributed by atoms with E-state index in [1.54, 1.807) is 23.9 Å². The van der Waals surface area contributed by atoms with Crippen LogP contribution in [0.4, 0.5) is 0 Å². The first-order chi connectivity index (χ1) is 18.7. The SMILES string of the molecule is O=C(NCc1cccc(O)c1)c1ccc(C(=O)N[C@@H](CNC(=O)C2CSCCC23OCCO3)C(=O)O)c(Cl)c1.